The molecule has 0 fully saturated rings. The summed E-state index contributed by atoms with van der Waals surface area (Å²) < 4.78 is 7.63. The van der Waals surface area contributed by atoms with Crippen molar-refractivity contribution in [3.63, 3.8) is 0 Å². The van der Waals surface area contributed by atoms with Crippen LogP contribution in [0, 0.1) is 20.8 Å². The Morgan fingerprint density at radius 1 is 1.26 bits per heavy atom. The van der Waals surface area contributed by atoms with E-state index in [4.69, 9.17) is 22.1 Å². The van der Waals surface area contributed by atoms with Crippen LogP contribution in [0.3, 0.4) is 0 Å². The minimum atomic E-state index is 0.391. The van der Waals surface area contributed by atoms with Crippen molar-refractivity contribution in [2.24, 2.45) is 7.05 Å². The average Bonchev–Trinajstić information content (AvgIpc) is 2.53. The maximum Gasteiger partial charge on any atom is 0.131 e. The molecule has 2 aromatic rings. The number of aryl methyl sites for hydroxylation is 4. The molecular weight excluding hydrogens is 262 g/mol. The summed E-state index contributed by atoms with van der Waals surface area (Å²) in [6, 6.07) is 3.80. The van der Waals surface area contributed by atoms with Crippen molar-refractivity contribution < 1.29 is 4.74 Å². The molecule has 0 radical (unpaired) electrons. The smallest absolute Gasteiger partial charge is 0.131 e. The molecule has 0 aliphatic rings. The third-order valence-corrected chi connectivity index (χ3v) is 3.59. The second-order valence-electron chi connectivity index (χ2n) is 4.74. The minimum Gasteiger partial charge on any atom is -0.487 e. The molecule has 2 rings (SSSR count). The van der Waals surface area contributed by atoms with Gasteiger partial charge in [-0.15, -0.1) is 0 Å². The number of ether oxygens (including phenoxy) is 1. The van der Waals surface area contributed by atoms with Gasteiger partial charge in [-0.05, 0) is 44.0 Å². The quantitative estimate of drug-likeness (QED) is 0.878. The van der Waals surface area contributed by atoms with Crippen LogP contribution >= 0.6 is 11.6 Å². The lowest BCUT2D eigenvalue weighted by atomic mass is 10.1. The van der Waals surface area contributed by atoms with E-state index < -0.39 is 0 Å². The molecule has 1 aromatic heterocycles. The van der Waals surface area contributed by atoms with Crippen LogP contribution in [-0.4, -0.2) is 9.78 Å². The zero-order chi connectivity index (χ0) is 14.2. The van der Waals surface area contributed by atoms with Gasteiger partial charge in [0.15, 0.2) is 0 Å². The molecule has 0 spiro atoms. The Morgan fingerprint density at radius 3 is 2.32 bits per heavy atom. The van der Waals surface area contributed by atoms with Crippen LogP contribution in [0.4, 0.5) is 5.69 Å². The monoisotopic (exact) mass is 279 g/mol. The van der Waals surface area contributed by atoms with Crippen molar-refractivity contribution in [1.82, 2.24) is 9.78 Å². The molecule has 2 N–H and O–H groups in total. The summed E-state index contributed by atoms with van der Waals surface area (Å²) in [7, 11) is 1.86. The highest BCUT2D eigenvalue weighted by Gasteiger charge is 2.13. The molecule has 4 nitrogen and oxygen atoms in total. The van der Waals surface area contributed by atoms with Crippen LogP contribution in [0.5, 0.6) is 5.75 Å². The van der Waals surface area contributed by atoms with E-state index in [9.17, 15) is 0 Å². The first-order valence-corrected chi connectivity index (χ1v) is 6.45. The topological polar surface area (TPSA) is 53.1 Å². The molecule has 0 aliphatic carbocycles. The fourth-order valence-electron chi connectivity index (χ4n) is 2.19. The summed E-state index contributed by atoms with van der Waals surface area (Å²) in [4.78, 5) is 0. The van der Waals surface area contributed by atoms with Crippen LogP contribution in [0.1, 0.15) is 22.5 Å². The van der Waals surface area contributed by atoms with Crippen molar-refractivity contribution >= 4 is 17.3 Å². The molecule has 19 heavy (non-hydrogen) atoms. The lowest BCUT2D eigenvalue weighted by molar-refractivity contribution is 0.291. The van der Waals surface area contributed by atoms with Crippen LogP contribution in [-0.2, 0) is 13.7 Å². The summed E-state index contributed by atoms with van der Waals surface area (Å²) in [6.07, 6.45) is 0. The van der Waals surface area contributed by atoms with Gasteiger partial charge in [-0.3, -0.25) is 4.68 Å². The first-order valence-electron chi connectivity index (χ1n) is 6.07. The standard InChI is InChI=1S/C14H18ClN3O/c1-8-5-11(16)6-9(2)14(8)19-7-12-13(15)10(3)17-18(12)4/h5-6H,7,16H2,1-4H3. The number of hydrogen-bond donors (Lipinski definition) is 1. The molecular formula is C14H18ClN3O. The molecule has 0 unspecified atom stereocenters. The van der Waals surface area contributed by atoms with Gasteiger partial charge < -0.3 is 10.5 Å². The van der Waals surface area contributed by atoms with Crippen molar-refractivity contribution in [1.29, 1.82) is 0 Å². The fraction of sp³-hybridized carbons (Fsp3) is 0.357. The molecule has 0 saturated carbocycles. The van der Waals surface area contributed by atoms with Gasteiger partial charge in [-0.2, -0.15) is 5.10 Å². The molecule has 1 aromatic carbocycles. The Balaban J connectivity index is 2.24. The maximum atomic E-state index is 6.20. The Morgan fingerprint density at radius 2 is 1.84 bits per heavy atom. The van der Waals surface area contributed by atoms with E-state index >= 15 is 0 Å². The normalized spacial score (nSPS) is 10.8. The summed E-state index contributed by atoms with van der Waals surface area (Å²) in [5, 5.41) is 4.93. The number of benzene rings is 1. The van der Waals surface area contributed by atoms with Gasteiger partial charge in [0.1, 0.15) is 12.4 Å². The van der Waals surface area contributed by atoms with Crippen molar-refractivity contribution in [2.75, 3.05) is 5.73 Å². The molecule has 0 bridgehead atoms. The molecule has 5 heteroatoms. The van der Waals surface area contributed by atoms with E-state index in [2.05, 4.69) is 5.10 Å². The zero-order valence-corrected chi connectivity index (χ0v) is 12.4. The van der Waals surface area contributed by atoms with E-state index in [1.54, 1.807) is 4.68 Å². The van der Waals surface area contributed by atoms with Crippen LogP contribution in [0.25, 0.3) is 0 Å². The number of nitrogen functional groups attached to an aromatic ring is 1. The third-order valence-electron chi connectivity index (χ3n) is 3.10. The summed E-state index contributed by atoms with van der Waals surface area (Å²) in [5.74, 6) is 0.851. The lowest BCUT2D eigenvalue weighted by Crippen LogP contribution is -2.05. The number of nitrogens with two attached hydrogens (primary N) is 1. The lowest BCUT2D eigenvalue weighted by Gasteiger charge is -2.13. The van der Waals surface area contributed by atoms with E-state index in [-0.39, 0.29) is 0 Å². The molecule has 0 aliphatic heterocycles. The summed E-state index contributed by atoms with van der Waals surface area (Å²) in [6.45, 7) is 6.23. The van der Waals surface area contributed by atoms with Gasteiger partial charge in [0, 0.05) is 12.7 Å². The van der Waals surface area contributed by atoms with Crippen LogP contribution in [0.2, 0.25) is 5.02 Å². The predicted octanol–water partition coefficient (Wildman–Crippen LogP) is 3.16. The van der Waals surface area contributed by atoms with Crippen molar-refractivity contribution in [3.05, 3.63) is 39.7 Å². The van der Waals surface area contributed by atoms with E-state index in [0.717, 1.165) is 34.0 Å². The number of hydrogen-bond acceptors (Lipinski definition) is 3. The highest BCUT2D eigenvalue weighted by molar-refractivity contribution is 6.31. The predicted molar refractivity (Wildman–Crippen MR) is 77.6 cm³/mol. The van der Waals surface area contributed by atoms with Crippen molar-refractivity contribution in [2.45, 2.75) is 27.4 Å². The van der Waals surface area contributed by atoms with E-state index in [1.165, 1.54) is 0 Å². The highest BCUT2D eigenvalue weighted by atomic mass is 35.5. The number of halogens is 1. The number of aromatic nitrogens is 2. The van der Waals surface area contributed by atoms with Gasteiger partial charge in [0.2, 0.25) is 0 Å². The number of anilines is 1. The minimum absolute atomic E-state index is 0.391. The number of nitrogens with zero attached hydrogens (tertiary/aromatic N) is 2. The molecule has 0 amide bonds. The Bertz CT molecular complexity index is 596. The van der Waals surface area contributed by atoms with E-state index in [1.807, 2.05) is 40.0 Å². The molecule has 0 saturated heterocycles. The van der Waals surface area contributed by atoms with Gasteiger partial charge >= 0.3 is 0 Å². The molecule has 0 atom stereocenters. The fourth-order valence-corrected chi connectivity index (χ4v) is 2.40. The van der Waals surface area contributed by atoms with E-state index in [0.29, 0.717) is 11.6 Å². The largest absolute Gasteiger partial charge is 0.487 e. The summed E-state index contributed by atoms with van der Waals surface area (Å²) in [5.41, 5.74) is 10.3. The Kier molecular flexibility index (Phi) is 3.71. The second-order valence-corrected chi connectivity index (χ2v) is 5.12. The summed E-state index contributed by atoms with van der Waals surface area (Å²) >= 11 is 6.20. The van der Waals surface area contributed by atoms with Crippen LogP contribution < -0.4 is 10.5 Å². The van der Waals surface area contributed by atoms with Gasteiger partial charge in [0.05, 0.1) is 16.4 Å². The Labute approximate surface area is 118 Å². The van der Waals surface area contributed by atoms with Gasteiger partial charge in [-0.1, -0.05) is 11.6 Å². The maximum absolute atomic E-state index is 6.20. The zero-order valence-electron chi connectivity index (χ0n) is 11.6. The number of rotatable bonds is 3. The second kappa shape index (κ2) is 5.13. The SMILES string of the molecule is Cc1cc(N)cc(C)c1OCc1c(Cl)c(C)nn1C. The Hall–Kier alpha value is -1.68. The first kappa shape index (κ1) is 13.7. The third kappa shape index (κ3) is 2.68. The van der Waals surface area contributed by atoms with Crippen LogP contribution in [0.15, 0.2) is 12.1 Å². The molecule has 1 heterocycles. The molecule has 102 valence electrons. The van der Waals surface area contributed by atoms with Gasteiger partial charge in [0.25, 0.3) is 0 Å². The van der Waals surface area contributed by atoms with Gasteiger partial charge in [-0.25, -0.2) is 0 Å². The average molecular weight is 280 g/mol. The van der Waals surface area contributed by atoms with Crippen molar-refractivity contribution in [3.8, 4) is 5.75 Å². The first-order chi connectivity index (χ1) is 8.90. The highest BCUT2D eigenvalue weighted by Crippen LogP contribution is 2.28.